The van der Waals surface area contributed by atoms with Crippen molar-refractivity contribution in [1.29, 1.82) is 0 Å². The molecule has 0 radical (unpaired) electrons. The number of nitrogens with one attached hydrogen (secondary N) is 1. The summed E-state index contributed by atoms with van der Waals surface area (Å²) in [5.41, 5.74) is 9.62. The van der Waals surface area contributed by atoms with E-state index < -0.39 is 18.2 Å². The molecular formula is C19H16FN7O. The lowest BCUT2D eigenvalue weighted by Gasteiger charge is -2.07. The van der Waals surface area contributed by atoms with Crippen LogP contribution in [0.3, 0.4) is 0 Å². The van der Waals surface area contributed by atoms with E-state index >= 15 is 0 Å². The second-order valence-electron chi connectivity index (χ2n) is 6.06. The second-order valence-corrected chi connectivity index (χ2v) is 6.06. The lowest BCUT2D eigenvalue weighted by molar-refractivity contribution is 0.249. The number of amides is 2. The van der Waals surface area contributed by atoms with Crippen molar-refractivity contribution in [3.63, 3.8) is 0 Å². The number of primary amides is 1. The average Bonchev–Trinajstić information content (AvgIpc) is 3.14. The van der Waals surface area contributed by atoms with Gasteiger partial charge in [-0.3, -0.25) is 4.98 Å². The van der Waals surface area contributed by atoms with Crippen LogP contribution in [0.1, 0.15) is 25.2 Å². The van der Waals surface area contributed by atoms with Crippen molar-refractivity contribution < 1.29 is 10.6 Å². The predicted octanol–water partition coefficient (Wildman–Crippen LogP) is 2.40. The zero-order valence-corrected chi connectivity index (χ0v) is 14.8. The van der Waals surface area contributed by atoms with Crippen LogP contribution in [0.25, 0.3) is 16.6 Å². The monoisotopic (exact) mass is 378 g/mol. The van der Waals surface area contributed by atoms with Gasteiger partial charge in [-0.15, -0.1) is 0 Å². The van der Waals surface area contributed by atoms with Gasteiger partial charge in [-0.25, -0.2) is 24.1 Å². The number of pyridine rings is 1. The largest absolute Gasteiger partial charge is 0.350 e. The van der Waals surface area contributed by atoms with Crippen LogP contribution in [0.4, 0.5) is 9.18 Å². The van der Waals surface area contributed by atoms with Crippen molar-refractivity contribution in [2.24, 2.45) is 10.8 Å². The Labute approximate surface area is 160 Å². The minimum atomic E-state index is -1.06. The maximum absolute atomic E-state index is 14.7. The number of urea groups is 1. The Balaban J connectivity index is 1.77. The van der Waals surface area contributed by atoms with Crippen molar-refractivity contribution >= 4 is 28.3 Å². The van der Waals surface area contributed by atoms with Crippen molar-refractivity contribution in [2.45, 2.75) is 13.3 Å². The summed E-state index contributed by atoms with van der Waals surface area (Å²) in [5.74, 6) is -0.522. The predicted molar refractivity (Wildman–Crippen MR) is 102 cm³/mol. The molecule has 0 aliphatic heterocycles. The van der Waals surface area contributed by atoms with Gasteiger partial charge in [-0.2, -0.15) is 10.2 Å². The maximum atomic E-state index is 14.7. The first-order valence-corrected chi connectivity index (χ1v) is 8.35. The number of carbonyl (C=O) groups excluding carboxylic acids is 1. The number of carbonyl (C=O) groups is 1. The van der Waals surface area contributed by atoms with Crippen LogP contribution in [-0.2, 0) is 6.40 Å². The number of nitrogens with zero attached hydrogens (tertiary/aromatic N) is 5. The molecule has 4 rings (SSSR count). The summed E-state index contributed by atoms with van der Waals surface area (Å²) in [6.07, 6.45) is 2.02. The van der Waals surface area contributed by atoms with Gasteiger partial charge in [0.05, 0.1) is 23.1 Å². The molecule has 1 atom stereocenters. The van der Waals surface area contributed by atoms with Crippen molar-refractivity contribution in [1.82, 2.24) is 25.0 Å². The Kier molecular flexibility index (Phi) is 4.09. The SMILES string of the molecule is [2H]C(c1cc2cccnc2cc1F)c1cnc2ccc(C(C)=NNC(N)=O)nn12. The second kappa shape index (κ2) is 7.03. The topological polar surface area (TPSA) is 111 Å². The van der Waals surface area contributed by atoms with Gasteiger partial charge in [0.15, 0.2) is 5.65 Å². The van der Waals surface area contributed by atoms with E-state index in [-0.39, 0.29) is 5.56 Å². The molecule has 4 aromatic rings. The standard InChI is InChI=1S/C19H16FN7O/c1-11(24-25-19(21)28)16-4-5-18-23-10-14(27(18)26-16)8-13-7-12-3-2-6-22-17(12)9-15(13)20/h2-7,9-10H,8H2,1H3,(H3,21,25,28)/i8D. The zero-order valence-electron chi connectivity index (χ0n) is 15.8. The van der Waals surface area contributed by atoms with Crippen LogP contribution in [-0.4, -0.2) is 31.3 Å². The third-order valence-electron chi connectivity index (χ3n) is 4.12. The quantitative estimate of drug-likeness (QED) is 0.420. The number of hydrogen-bond acceptors (Lipinski definition) is 5. The smallest absolute Gasteiger partial charge is 0.332 e. The highest BCUT2D eigenvalue weighted by Crippen LogP contribution is 2.20. The molecule has 0 aliphatic carbocycles. The van der Waals surface area contributed by atoms with E-state index in [0.29, 0.717) is 28.3 Å². The molecular weight excluding hydrogens is 361 g/mol. The molecule has 140 valence electrons. The van der Waals surface area contributed by atoms with Crippen LogP contribution < -0.4 is 11.2 Å². The molecule has 9 heteroatoms. The van der Waals surface area contributed by atoms with E-state index in [2.05, 4.69) is 25.6 Å². The summed E-state index contributed by atoms with van der Waals surface area (Å²) in [4.78, 5) is 19.2. The lowest BCUT2D eigenvalue weighted by Crippen LogP contribution is -2.25. The number of rotatable bonds is 4. The maximum Gasteiger partial charge on any atom is 0.332 e. The Morgan fingerprint density at radius 2 is 2.21 bits per heavy atom. The first-order chi connectivity index (χ1) is 13.9. The van der Waals surface area contributed by atoms with E-state index in [0.717, 1.165) is 5.39 Å². The fourth-order valence-electron chi connectivity index (χ4n) is 2.76. The highest BCUT2D eigenvalue weighted by atomic mass is 19.1. The minimum Gasteiger partial charge on any atom is -0.350 e. The summed E-state index contributed by atoms with van der Waals surface area (Å²) < 4.78 is 24.7. The van der Waals surface area contributed by atoms with Crippen LogP contribution in [0.2, 0.25) is 0 Å². The van der Waals surface area contributed by atoms with Gasteiger partial charge < -0.3 is 5.73 Å². The fourth-order valence-corrected chi connectivity index (χ4v) is 2.76. The molecule has 3 aromatic heterocycles. The lowest BCUT2D eigenvalue weighted by atomic mass is 10.1. The molecule has 1 unspecified atom stereocenters. The minimum absolute atomic E-state index is 0.195. The number of nitrogens with two attached hydrogens (primary N) is 1. The van der Waals surface area contributed by atoms with E-state index in [1.54, 1.807) is 37.4 Å². The molecule has 0 bridgehead atoms. The first-order valence-electron chi connectivity index (χ1n) is 8.93. The molecule has 8 nitrogen and oxygen atoms in total. The third-order valence-corrected chi connectivity index (χ3v) is 4.12. The Hall–Kier alpha value is -3.88. The van der Waals surface area contributed by atoms with Gasteiger partial charge in [0, 0.05) is 25.4 Å². The van der Waals surface area contributed by atoms with Crippen molar-refractivity contribution in [3.8, 4) is 0 Å². The van der Waals surface area contributed by atoms with Crippen LogP contribution in [0.5, 0.6) is 0 Å². The first kappa shape index (κ1) is 16.3. The Morgan fingerprint density at radius 1 is 1.36 bits per heavy atom. The number of fused-ring (bicyclic) bond motifs is 2. The van der Waals surface area contributed by atoms with E-state index in [1.165, 1.54) is 16.8 Å². The molecule has 0 aliphatic rings. The molecule has 0 saturated carbocycles. The van der Waals surface area contributed by atoms with Gasteiger partial charge in [-0.05, 0) is 36.8 Å². The summed E-state index contributed by atoms with van der Waals surface area (Å²) in [6.45, 7) is 1.65. The number of imidazole rings is 1. The highest BCUT2D eigenvalue weighted by molar-refractivity contribution is 5.97. The number of hydrazone groups is 1. The normalized spacial score (nSPS) is 13.5. The molecule has 0 saturated heterocycles. The molecule has 28 heavy (non-hydrogen) atoms. The van der Waals surface area contributed by atoms with Gasteiger partial charge in [0.2, 0.25) is 0 Å². The summed E-state index contributed by atoms with van der Waals surface area (Å²) >= 11 is 0. The summed E-state index contributed by atoms with van der Waals surface area (Å²) in [6, 6.07) is 9.09. The molecule has 3 N–H and O–H groups in total. The molecule has 0 fully saturated rings. The number of benzene rings is 1. The zero-order chi connectivity index (χ0) is 20.5. The van der Waals surface area contributed by atoms with Gasteiger partial charge in [0.1, 0.15) is 11.5 Å². The average molecular weight is 378 g/mol. The van der Waals surface area contributed by atoms with Crippen molar-refractivity contribution in [2.75, 3.05) is 0 Å². The highest BCUT2D eigenvalue weighted by Gasteiger charge is 2.12. The third kappa shape index (κ3) is 3.37. The molecule has 1 aromatic carbocycles. The van der Waals surface area contributed by atoms with Gasteiger partial charge in [-0.1, -0.05) is 6.07 Å². The van der Waals surface area contributed by atoms with Crippen molar-refractivity contribution in [3.05, 3.63) is 71.6 Å². The van der Waals surface area contributed by atoms with E-state index in [4.69, 9.17) is 7.10 Å². The van der Waals surface area contributed by atoms with Gasteiger partial charge in [0.25, 0.3) is 0 Å². The van der Waals surface area contributed by atoms with Crippen LogP contribution >= 0.6 is 0 Å². The summed E-state index contributed by atoms with van der Waals surface area (Å²) in [5, 5.41) is 9.02. The van der Waals surface area contributed by atoms with Crippen LogP contribution in [0, 0.1) is 5.82 Å². The van der Waals surface area contributed by atoms with E-state index in [9.17, 15) is 9.18 Å². The van der Waals surface area contributed by atoms with Gasteiger partial charge >= 0.3 is 6.03 Å². The number of aromatic nitrogens is 4. The summed E-state index contributed by atoms with van der Waals surface area (Å²) in [7, 11) is 0. The number of hydrogen-bond donors (Lipinski definition) is 2. The van der Waals surface area contributed by atoms with E-state index in [1.807, 2.05) is 6.07 Å². The Bertz CT molecular complexity index is 1270. The van der Waals surface area contributed by atoms with Crippen LogP contribution in [0.15, 0.2) is 53.9 Å². The fraction of sp³-hybridized carbons (Fsp3) is 0.105. The molecule has 3 heterocycles. The molecule has 2 amide bonds. The Morgan fingerprint density at radius 3 is 3.04 bits per heavy atom. The number of halogens is 1. The molecule has 0 spiro atoms.